The number of ether oxygens (including phenoxy) is 1. The molecule has 1 fully saturated rings. The average Bonchev–Trinajstić information content (AvgIpc) is 2.37. The van der Waals surface area contributed by atoms with Crippen molar-refractivity contribution in [3.8, 4) is 5.75 Å². The van der Waals surface area contributed by atoms with E-state index in [2.05, 4.69) is 12.2 Å². The summed E-state index contributed by atoms with van der Waals surface area (Å²) in [6.45, 7) is 6.08. The predicted molar refractivity (Wildman–Crippen MR) is 83.9 cm³/mol. The molecule has 116 valence electrons. The number of rotatable bonds is 5. The van der Waals surface area contributed by atoms with Crippen LogP contribution in [0.25, 0.3) is 0 Å². The molecular weight excluding hydrogens is 268 g/mol. The maximum absolute atomic E-state index is 11.1. The summed E-state index contributed by atoms with van der Waals surface area (Å²) in [6.07, 6.45) is 4.71. The van der Waals surface area contributed by atoms with Gasteiger partial charge in [-0.2, -0.15) is 0 Å². The minimum absolute atomic E-state index is 0.00504. The first-order chi connectivity index (χ1) is 9.94. The fraction of sp³-hybridized carbons (Fsp3) is 0.625. The molecule has 2 rings (SSSR count). The highest BCUT2D eigenvalue weighted by molar-refractivity contribution is 5.57. The molecule has 1 aromatic carbocycles. The molecule has 5 heteroatoms. The molecule has 1 aromatic rings. The van der Waals surface area contributed by atoms with Crippen LogP contribution in [0.5, 0.6) is 5.75 Å². The number of hydrogen-bond donors (Lipinski definition) is 1. The molecule has 0 bridgehead atoms. The van der Waals surface area contributed by atoms with Crippen LogP contribution in [0.3, 0.4) is 0 Å². The van der Waals surface area contributed by atoms with Crippen LogP contribution in [0.15, 0.2) is 18.2 Å². The van der Waals surface area contributed by atoms with E-state index in [-0.39, 0.29) is 16.7 Å². The van der Waals surface area contributed by atoms with Crippen LogP contribution in [-0.4, -0.2) is 17.1 Å². The Morgan fingerprint density at radius 3 is 2.71 bits per heavy atom. The van der Waals surface area contributed by atoms with E-state index in [1.807, 2.05) is 19.9 Å². The minimum Gasteiger partial charge on any atom is -0.491 e. The van der Waals surface area contributed by atoms with Gasteiger partial charge >= 0.3 is 0 Å². The van der Waals surface area contributed by atoms with Crippen LogP contribution in [-0.2, 0) is 0 Å². The molecule has 1 aliphatic rings. The number of hydrogen-bond acceptors (Lipinski definition) is 4. The van der Waals surface area contributed by atoms with Crippen LogP contribution in [0.4, 0.5) is 11.4 Å². The monoisotopic (exact) mass is 292 g/mol. The summed E-state index contributed by atoms with van der Waals surface area (Å²) in [7, 11) is 0. The van der Waals surface area contributed by atoms with Gasteiger partial charge in [0, 0.05) is 23.9 Å². The smallest absolute Gasteiger partial charge is 0.275 e. The van der Waals surface area contributed by atoms with Gasteiger partial charge in [-0.3, -0.25) is 10.1 Å². The molecule has 1 aliphatic carbocycles. The lowest BCUT2D eigenvalue weighted by Gasteiger charge is -2.28. The fourth-order valence-electron chi connectivity index (χ4n) is 2.91. The SMILES string of the molecule is CC1CCCC(Nc2cc(OC(C)C)cc([N+](=O)[O-])c2)C1. The molecular formula is C16H24N2O3. The van der Waals surface area contributed by atoms with Crippen molar-refractivity contribution in [2.45, 2.75) is 58.6 Å². The molecule has 21 heavy (non-hydrogen) atoms. The van der Waals surface area contributed by atoms with E-state index in [9.17, 15) is 10.1 Å². The van der Waals surface area contributed by atoms with Gasteiger partial charge in [0.1, 0.15) is 5.75 Å². The molecule has 0 spiro atoms. The van der Waals surface area contributed by atoms with Gasteiger partial charge in [-0.05, 0) is 32.6 Å². The summed E-state index contributed by atoms with van der Waals surface area (Å²) in [6, 6.07) is 5.32. The lowest BCUT2D eigenvalue weighted by atomic mass is 9.87. The number of benzene rings is 1. The highest BCUT2D eigenvalue weighted by Crippen LogP contribution is 2.30. The Hall–Kier alpha value is -1.78. The molecule has 0 aromatic heterocycles. The van der Waals surface area contributed by atoms with Crippen molar-refractivity contribution in [1.29, 1.82) is 0 Å². The Labute approximate surface area is 125 Å². The summed E-state index contributed by atoms with van der Waals surface area (Å²) in [5.41, 5.74) is 0.846. The minimum atomic E-state index is -0.373. The van der Waals surface area contributed by atoms with E-state index in [1.54, 1.807) is 6.07 Å². The van der Waals surface area contributed by atoms with E-state index in [1.165, 1.54) is 18.9 Å². The van der Waals surface area contributed by atoms with Crippen LogP contribution in [0, 0.1) is 16.0 Å². The second-order valence-electron chi connectivity index (χ2n) is 6.25. The first-order valence-electron chi connectivity index (χ1n) is 7.66. The molecule has 0 aliphatic heterocycles. The lowest BCUT2D eigenvalue weighted by Crippen LogP contribution is -2.26. The number of non-ortho nitro benzene ring substituents is 1. The van der Waals surface area contributed by atoms with Crippen molar-refractivity contribution in [3.63, 3.8) is 0 Å². The van der Waals surface area contributed by atoms with E-state index in [0.717, 1.165) is 18.5 Å². The summed E-state index contributed by atoms with van der Waals surface area (Å²) in [5, 5.41) is 14.5. The summed E-state index contributed by atoms with van der Waals surface area (Å²) >= 11 is 0. The van der Waals surface area contributed by atoms with E-state index in [0.29, 0.717) is 17.7 Å². The number of anilines is 1. The maximum atomic E-state index is 11.1. The third kappa shape index (κ3) is 4.62. The van der Waals surface area contributed by atoms with Crippen molar-refractivity contribution in [1.82, 2.24) is 0 Å². The molecule has 0 radical (unpaired) electrons. The van der Waals surface area contributed by atoms with Gasteiger partial charge in [-0.1, -0.05) is 19.8 Å². The van der Waals surface area contributed by atoms with Gasteiger partial charge in [0.25, 0.3) is 5.69 Å². The molecule has 1 saturated carbocycles. The Bertz CT molecular complexity index is 502. The standard InChI is InChI=1S/C16H24N2O3/c1-11(2)21-16-9-14(8-15(10-16)18(19)20)17-13-6-4-5-12(3)7-13/h8-13,17H,4-7H2,1-3H3. The highest BCUT2D eigenvalue weighted by atomic mass is 16.6. The van der Waals surface area contributed by atoms with Crippen molar-refractivity contribution < 1.29 is 9.66 Å². The number of nitro groups is 1. The Morgan fingerprint density at radius 1 is 1.33 bits per heavy atom. The maximum Gasteiger partial charge on any atom is 0.275 e. The molecule has 1 N–H and O–H groups in total. The van der Waals surface area contributed by atoms with Gasteiger partial charge in [-0.25, -0.2) is 0 Å². The Balaban J connectivity index is 2.16. The normalized spacial score (nSPS) is 22.1. The van der Waals surface area contributed by atoms with Gasteiger partial charge in [-0.15, -0.1) is 0 Å². The van der Waals surface area contributed by atoms with E-state index < -0.39 is 0 Å². The fourth-order valence-corrected chi connectivity index (χ4v) is 2.91. The molecule has 2 unspecified atom stereocenters. The lowest BCUT2D eigenvalue weighted by molar-refractivity contribution is -0.384. The van der Waals surface area contributed by atoms with Crippen molar-refractivity contribution in [2.24, 2.45) is 5.92 Å². The molecule has 0 saturated heterocycles. The Kier molecular flexibility index (Phi) is 5.04. The Morgan fingerprint density at radius 2 is 2.10 bits per heavy atom. The zero-order valence-corrected chi connectivity index (χ0v) is 13.0. The van der Waals surface area contributed by atoms with Crippen molar-refractivity contribution in [2.75, 3.05) is 5.32 Å². The summed E-state index contributed by atoms with van der Waals surface area (Å²) < 4.78 is 5.61. The first-order valence-corrected chi connectivity index (χ1v) is 7.66. The van der Waals surface area contributed by atoms with Crippen molar-refractivity contribution >= 4 is 11.4 Å². The van der Waals surface area contributed by atoms with Gasteiger partial charge in [0.05, 0.1) is 17.1 Å². The van der Waals surface area contributed by atoms with E-state index >= 15 is 0 Å². The highest BCUT2D eigenvalue weighted by Gasteiger charge is 2.20. The second kappa shape index (κ2) is 6.78. The number of nitro benzene ring substituents is 1. The summed E-state index contributed by atoms with van der Waals surface area (Å²) in [5.74, 6) is 1.26. The van der Waals surface area contributed by atoms with Crippen LogP contribution in [0.1, 0.15) is 46.5 Å². The van der Waals surface area contributed by atoms with Gasteiger partial charge in [0.2, 0.25) is 0 Å². The predicted octanol–water partition coefficient (Wildman–Crippen LogP) is 4.37. The largest absolute Gasteiger partial charge is 0.491 e. The van der Waals surface area contributed by atoms with Crippen LogP contribution < -0.4 is 10.1 Å². The van der Waals surface area contributed by atoms with E-state index in [4.69, 9.17) is 4.74 Å². The first kappa shape index (κ1) is 15.6. The molecule has 2 atom stereocenters. The van der Waals surface area contributed by atoms with Gasteiger partial charge < -0.3 is 10.1 Å². The summed E-state index contributed by atoms with van der Waals surface area (Å²) in [4.78, 5) is 10.7. The molecule has 0 amide bonds. The number of nitrogens with zero attached hydrogens (tertiary/aromatic N) is 1. The zero-order chi connectivity index (χ0) is 15.4. The third-order valence-corrected chi connectivity index (χ3v) is 3.78. The molecule has 5 nitrogen and oxygen atoms in total. The van der Waals surface area contributed by atoms with Gasteiger partial charge in [0.15, 0.2) is 0 Å². The van der Waals surface area contributed by atoms with Crippen LogP contribution in [0.2, 0.25) is 0 Å². The number of nitrogens with one attached hydrogen (secondary N) is 1. The quantitative estimate of drug-likeness (QED) is 0.646. The second-order valence-corrected chi connectivity index (χ2v) is 6.25. The zero-order valence-electron chi connectivity index (χ0n) is 13.0. The van der Waals surface area contributed by atoms with Crippen LogP contribution >= 0.6 is 0 Å². The van der Waals surface area contributed by atoms with Crippen molar-refractivity contribution in [3.05, 3.63) is 28.3 Å². The molecule has 0 heterocycles. The third-order valence-electron chi connectivity index (χ3n) is 3.78. The topological polar surface area (TPSA) is 64.4 Å². The average molecular weight is 292 g/mol.